The maximum absolute atomic E-state index is 12.4. The number of hydrogen-bond donors (Lipinski definition) is 1. The van der Waals surface area contributed by atoms with E-state index >= 15 is 0 Å². The molecule has 0 unspecified atom stereocenters. The van der Waals surface area contributed by atoms with Crippen molar-refractivity contribution in [2.24, 2.45) is 0 Å². The lowest BCUT2D eigenvalue weighted by Crippen LogP contribution is -2.48. The van der Waals surface area contributed by atoms with Gasteiger partial charge in [-0.05, 0) is 38.3 Å². The number of amides is 3. The lowest BCUT2D eigenvalue weighted by atomic mass is 9.98. The minimum absolute atomic E-state index is 0.322. The van der Waals surface area contributed by atoms with Gasteiger partial charge in [0.1, 0.15) is 6.04 Å². The summed E-state index contributed by atoms with van der Waals surface area (Å²) in [5.41, 5.74) is 0.719. The number of ether oxygens (including phenoxy) is 1. The summed E-state index contributed by atoms with van der Waals surface area (Å²) in [7, 11) is 0. The van der Waals surface area contributed by atoms with Gasteiger partial charge in [-0.2, -0.15) is 0 Å². The third-order valence-electron chi connectivity index (χ3n) is 5.12. The van der Waals surface area contributed by atoms with Gasteiger partial charge in [0.05, 0.1) is 17.2 Å². The average molecular weight is 358 g/mol. The normalized spacial score (nSPS) is 18.7. The Bertz CT molecular complexity index is 647. The minimum Gasteiger partial charge on any atom is -0.378 e. The molecule has 3 rings (SSSR count). The fraction of sp³-hybridized carbons (Fsp3) is 0.550. The molecule has 0 aromatic heterocycles. The van der Waals surface area contributed by atoms with Crippen molar-refractivity contribution in [1.82, 2.24) is 10.2 Å². The van der Waals surface area contributed by atoms with E-state index in [-0.39, 0.29) is 5.91 Å². The Morgan fingerprint density at radius 2 is 1.77 bits per heavy atom. The second-order valence-corrected chi connectivity index (χ2v) is 6.98. The molecule has 3 amide bonds. The van der Waals surface area contributed by atoms with Crippen molar-refractivity contribution >= 4 is 17.7 Å². The molecular weight excluding hydrogens is 332 g/mol. The Morgan fingerprint density at radius 3 is 2.38 bits per heavy atom. The molecule has 1 aromatic rings. The highest BCUT2D eigenvalue weighted by atomic mass is 16.5. The van der Waals surface area contributed by atoms with E-state index in [0.29, 0.717) is 30.4 Å². The summed E-state index contributed by atoms with van der Waals surface area (Å²) in [6, 6.07) is 5.82. The topological polar surface area (TPSA) is 75.7 Å². The van der Waals surface area contributed by atoms with E-state index in [9.17, 15) is 14.4 Å². The monoisotopic (exact) mass is 358 g/mol. The predicted octanol–water partition coefficient (Wildman–Crippen LogP) is 2.53. The molecule has 26 heavy (non-hydrogen) atoms. The second-order valence-electron chi connectivity index (χ2n) is 6.98. The van der Waals surface area contributed by atoms with E-state index in [1.54, 1.807) is 31.2 Å². The second kappa shape index (κ2) is 8.45. The number of hydrogen-bond acceptors (Lipinski definition) is 4. The van der Waals surface area contributed by atoms with Gasteiger partial charge in [0, 0.05) is 13.2 Å². The number of imide groups is 1. The fourth-order valence-corrected chi connectivity index (χ4v) is 3.59. The van der Waals surface area contributed by atoms with Crippen LogP contribution in [0.5, 0.6) is 0 Å². The highest BCUT2D eigenvalue weighted by Gasteiger charge is 2.40. The Labute approximate surface area is 153 Å². The Kier molecular flexibility index (Phi) is 6.04. The van der Waals surface area contributed by atoms with Gasteiger partial charge in [-0.25, -0.2) is 0 Å². The summed E-state index contributed by atoms with van der Waals surface area (Å²) in [6.07, 6.45) is 7.10. The molecular formula is C20H26N2O4. The summed E-state index contributed by atoms with van der Waals surface area (Å²) >= 11 is 0. The number of fused-ring (bicyclic) bond motifs is 1. The van der Waals surface area contributed by atoms with Crippen LogP contribution in [0.2, 0.25) is 0 Å². The largest absolute Gasteiger partial charge is 0.378 e. The van der Waals surface area contributed by atoms with E-state index in [0.717, 1.165) is 24.2 Å². The molecule has 0 radical (unpaired) electrons. The van der Waals surface area contributed by atoms with Gasteiger partial charge >= 0.3 is 0 Å². The van der Waals surface area contributed by atoms with Crippen LogP contribution in [0.15, 0.2) is 24.3 Å². The maximum Gasteiger partial charge on any atom is 0.262 e. The van der Waals surface area contributed by atoms with E-state index in [1.165, 1.54) is 19.3 Å². The number of nitrogens with one attached hydrogen (secondary N) is 1. The van der Waals surface area contributed by atoms with Crippen LogP contribution in [0.25, 0.3) is 0 Å². The first-order valence-electron chi connectivity index (χ1n) is 9.46. The quantitative estimate of drug-likeness (QED) is 0.600. The zero-order valence-corrected chi connectivity index (χ0v) is 15.2. The maximum atomic E-state index is 12.4. The molecule has 1 fully saturated rings. The lowest BCUT2D eigenvalue weighted by Gasteiger charge is -2.23. The Hall–Kier alpha value is -2.21. The van der Waals surface area contributed by atoms with Crippen LogP contribution in [0.3, 0.4) is 0 Å². The third kappa shape index (κ3) is 3.96. The summed E-state index contributed by atoms with van der Waals surface area (Å²) in [5.74, 6) is -1.14. The van der Waals surface area contributed by atoms with Crippen LogP contribution in [-0.4, -0.2) is 47.9 Å². The molecule has 0 spiro atoms. The number of nitrogens with zero attached hydrogens (tertiary/aromatic N) is 1. The number of carbonyl (C=O) groups excluding carboxylic acids is 3. The Morgan fingerprint density at radius 1 is 1.15 bits per heavy atom. The summed E-state index contributed by atoms with van der Waals surface area (Å²) in [4.78, 5) is 38.2. The molecule has 1 atom stereocenters. The fourth-order valence-electron chi connectivity index (χ4n) is 3.59. The van der Waals surface area contributed by atoms with E-state index in [4.69, 9.17) is 4.74 Å². The van der Waals surface area contributed by atoms with E-state index in [2.05, 4.69) is 5.32 Å². The van der Waals surface area contributed by atoms with Crippen molar-refractivity contribution in [3.63, 3.8) is 0 Å². The van der Waals surface area contributed by atoms with Crippen molar-refractivity contribution in [2.45, 2.75) is 57.6 Å². The highest BCUT2D eigenvalue weighted by Crippen LogP contribution is 2.24. The molecule has 1 aliphatic carbocycles. The number of rotatable bonds is 7. The minimum atomic E-state index is -0.832. The van der Waals surface area contributed by atoms with Crippen molar-refractivity contribution in [2.75, 3.05) is 13.2 Å². The van der Waals surface area contributed by atoms with Crippen molar-refractivity contribution < 1.29 is 19.1 Å². The predicted molar refractivity (Wildman–Crippen MR) is 96.9 cm³/mol. The zero-order chi connectivity index (χ0) is 18.5. The first-order chi connectivity index (χ1) is 12.6. The van der Waals surface area contributed by atoms with Crippen molar-refractivity contribution in [1.29, 1.82) is 0 Å². The molecule has 1 aliphatic heterocycles. The Balaban J connectivity index is 1.43. The van der Waals surface area contributed by atoms with E-state index < -0.39 is 17.9 Å². The van der Waals surface area contributed by atoms with Gasteiger partial charge in [-0.3, -0.25) is 19.3 Å². The number of benzene rings is 1. The summed E-state index contributed by atoms with van der Waals surface area (Å²) in [6.45, 7) is 2.67. The molecule has 1 N–H and O–H groups in total. The van der Waals surface area contributed by atoms with Crippen LogP contribution < -0.4 is 5.32 Å². The number of carbonyl (C=O) groups is 3. The van der Waals surface area contributed by atoms with Gasteiger partial charge in [-0.1, -0.05) is 31.4 Å². The lowest BCUT2D eigenvalue weighted by molar-refractivity contribution is -0.124. The van der Waals surface area contributed by atoms with Crippen LogP contribution in [0.1, 0.15) is 66.2 Å². The van der Waals surface area contributed by atoms with Gasteiger partial charge < -0.3 is 10.1 Å². The SMILES string of the molecule is C[C@@H](C(=O)NCCCOC1CCCCC1)N1C(=O)c2ccccc2C1=O. The molecule has 140 valence electrons. The van der Waals surface area contributed by atoms with E-state index in [1.807, 2.05) is 0 Å². The average Bonchev–Trinajstić information content (AvgIpc) is 2.92. The molecule has 6 heteroatoms. The first-order valence-corrected chi connectivity index (χ1v) is 9.46. The van der Waals surface area contributed by atoms with Gasteiger partial charge in [-0.15, -0.1) is 0 Å². The summed E-state index contributed by atoms with van der Waals surface area (Å²) < 4.78 is 5.83. The molecule has 1 aromatic carbocycles. The van der Waals surface area contributed by atoms with Crippen molar-refractivity contribution in [3.8, 4) is 0 Å². The van der Waals surface area contributed by atoms with Crippen LogP contribution in [0, 0.1) is 0 Å². The standard InChI is InChI=1S/C20H26N2O4/c1-14(22-19(24)16-10-5-6-11-17(16)20(22)25)18(23)21-12-7-13-26-15-8-3-2-4-9-15/h5-6,10-11,14-15H,2-4,7-9,12-13H2,1H3,(H,21,23)/t14-/m0/s1. The van der Waals surface area contributed by atoms with Crippen LogP contribution >= 0.6 is 0 Å². The zero-order valence-electron chi connectivity index (χ0n) is 15.2. The molecule has 1 saturated carbocycles. The molecule has 6 nitrogen and oxygen atoms in total. The van der Waals surface area contributed by atoms with Gasteiger partial charge in [0.25, 0.3) is 11.8 Å². The van der Waals surface area contributed by atoms with Gasteiger partial charge in [0.2, 0.25) is 5.91 Å². The van der Waals surface area contributed by atoms with Gasteiger partial charge in [0.15, 0.2) is 0 Å². The molecule has 0 bridgehead atoms. The molecule has 2 aliphatic rings. The smallest absolute Gasteiger partial charge is 0.262 e. The molecule has 1 heterocycles. The first kappa shape index (κ1) is 18.6. The highest BCUT2D eigenvalue weighted by molar-refractivity contribution is 6.22. The van der Waals surface area contributed by atoms with Crippen molar-refractivity contribution in [3.05, 3.63) is 35.4 Å². The van der Waals surface area contributed by atoms with Crippen LogP contribution in [-0.2, 0) is 9.53 Å². The summed E-state index contributed by atoms with van der Waals surface area (Å²) in [5, 5.41) is 2.80. The third-order valence-corrected chi connectivity index (χ3v) is 5.12. The molecule has 0 saturated heterocycles. The van der Waals surface area contributed by atoms with Crippen LogP contribution in [0.4, 0.5) is 0 Å².